The molecule has 0 spiro atoms. The number of nitrogens with zero attached hydrogens (tertiary/aromatic N) is 2. The Balaban J connectivity index is 2.24. The standard InChI is InChI=1S/C17H13N3O2/c1-19-13-10-6-5-9-12(13)15-14(16(19)21)17(22)20(18-15)11-7-3-2-4-8-11/h2-10,18H,1H3. The number of pyridine rings is 1. The number of benzene rings is 2. The second-order valence-electron chi connectivity index (χ2n) is 5.22. The van der Waals surface area contributed by atoms with Crippen LogP contribution in [0.15, 0.2) is 64.2 Å². The Morgan fingerprint density at radius 2 is 1.55 bits per heavy atom. The van der Waals surface area contributed by atoms with Crippen LogP contribution in [0.5, 0.6) is 0 Å². The summed E-state index contributed by atoms with van der Waals surface area (Å²) in [6, 6.07) is 16.8. The normalized spacial score (nSPS) is 11.3. The number of rotatable bonds is 1. The largest absolute Gasteiger partial charge is 0.311 e. The van der Waals surface area contributed by atoms with Crippen LogP contribution in [0.25, 0.3) is 27.5 Å². The predicted octanol–water partition coefficient (Wildman–Crippen LogP) is 2.17. The summed E-state index contributed by atoms with van der Waals surface area (Å²) in [4.78, 5) is 25.2. The van der Waals surface area contributed by atoms with E-state index in [0.717, 1.165) is 10.9 Å². The zero-order chi connectivity index (χ0) is 15.3. The van der Waals surface area contributed by atoms with Crippen molar-refractivity contribution in [2.24, 2.45) is 7.05 Å². The zero-order valence-corrected chi connectivity index (χ0v) is 11.9. The highest BCUT2D eigenvalue weighted by Gasteiger charge is 2.16. The van der Waals surface area contributed by atoms with Crippen molar-refractivity contribution in [1.29, 1.82) is 0 Å². The molecule has 4 rings (SSSR count). The fourth-order valence-electron chi connectivity index (χ4n) is 2.84. The van der Waals surface area contributed by atoms with Crippen LogP contribution in [0.4, 0.5) is 0 Å². The monoisotopic (exact) mass is 291 g/mol. The van der Waals surface area contributed by atoms with Gasteiger partial charge in [0.05, 0.1) is 16.7 Å². The molecule has 108 valence electrons. The average Bonchev–Trinajstić information content (AvgIpc) is 2.91. The summed E-state index contributed by atoms with van der Waals surface area (Å²) in [7, 11) is 1.68. The fourth-order valence-corrected chi connectivity index (χ4v) is 2.84. The van der Waals surface area contributed by atoms with Crippen molar-refractivity contribution in [1.82, 2.24) is 14.3 Å². The summed E-state index contributed by atoms with van der Waals surface area (Å²) in [6.07, 6.45) is 0. The molecule has 5 heteroatoms. The van der Waals surface area contributed by atoms with Crippen LogP contribution in [0, 0.1) is 0 Å². The summed E-state index contributed by atoms with van der Waals surface area (Å²) < 4.78 is 2.93. The molecular formula is C17H13N3O2. The second-order valence-corrected chi connectivity index (χ2v) is 5.22. The summed E-state index contributed by atoms with van der Waals surface area (Å²) in [5.41, 5.74) is 1.46. The molecule has 0 radical (unpaired) electrons. The van der Waals surface area contributed by atoms with Crippen molar-refractivity contribution in [3.05, 3.63) is 75.3 Å². The Morgan fingerprint density at radius 1 is 0.864 bits per heavy atom. The van der Waals surface area contributed by atoms with Crippen molar-refractivity contribution >= 4 is 21.8 Å². The van der Waals surface area contributed by atoms with Gasteiger partial charge in [0.2, 0.25) is 0 Å². The number of para-hydroxylation sites is 2. The van der Waals surface area contributed by atoms with Gasteiger partial charge in [0, 0.05) is 12.4 Å². The number of aryl methyl sites for hydroxylation is 1. The second kappa shape index (κ2) is 4.46. The lowest BCUT2D eigenvalue weighted by molar-refractivity contribution is 0.864. The lowest BCUT2D eigenvalue weighted by Gasteiger charge is -2.04. The van der Waals surface area contributed by atoms with Crippen molar-refractivity contribution in [3.63, 3.8) is 0 Å². The molecular weight excluding hydrogens is 278 g/mol. The zero-order valence-electron chi connectivity index (χ0n) is 11.9. The van der Waals surface area contributed by atoms with Crippen molar-refractivity contribution in [2.75, 3.05) is 0 Å². The van der Waals surface area contributed by atoms with Gasteiger partial charge in [-0.15, -0.1) is 0 Å². The van der Waals surface area contributed by atoms with Crippen molar-refractivity contribution in [2.45, 2.75) is 0 Å². The van der Waals surface area contributed by atoms with E-state index in [9.17, 15) is 9.59 Å². The van der Waals surface area contributed by atoms with Crippen LogP contribution < -0.4 is 11.1 Å². The molecule has 4 aromatic rings. The topological polar surface area (TPSA) is 59.8 Å². The summed E-state index contributed by atoms with van der Waals surface area (Å²) in [5, 5.41) is 4.12. The third kappa shape index (κ3) is 1.59. The molecule has 22 heavy (non-hydrogen) atoms. The maximum Gasteiger partial charge on any atom is 0.284 e. The maximum atomic E-state index is 12.7. The van der Waals surface area contributed by atoms with Crippen molar-refractivity contribution in [3.8, 4) is 5.69 Å². The van der Waals surface area contributed by atoms with Gasteiger partial charge in [0.1, 0.15) is 5.39 Å². The van der Waals surface area contributed by atoms with Crippen LogP contribution in [-0.2, 0) is 7.05 Å². The Morgan fingerprint density at radius 3 is 2.32 bits per heavy atom. The molecule has 0 amide bonds. The first-order valence-corrected chi connectivity index (χ1v) is 6.96. The lowest BCUT2D eigenvalue weighted by atomic mass is 10.1. The van der Waals surface area contributed by atoms with Gasteiger partial charge in [-0.2, -0.15) is 0 Å². The van der Waals surface area contributed by atoms with Gasteiger partial charge in [-0.3, -0.25) is 14.7 Å². The molecule has 0 saturated heterocycles. The van der Waals surface area contributed by atoms with E-state index in [2.05, 4.69) is 5.10 Å². The number of H-pyrrole nitrogens is 1. The number of hydrogen-bond donors (Lipinski definition) is 1. The molecule has 1 N–H and O–H groups in total. The first-order valence-electron chi connectivity index (χ1n) is 6.96. The Bertz CT molecular complexity index is 1120. The van der Waals surface area contributed by atoms with Crippen LogP contribution in [-0.4, -0.2) is 14.3 Å². The number of fused-ring (bicyclic) bond motifs is 3. The number of nitrogens with one attached hydrogen (secondary N) is 1. The highest BCUT2D eigenvalue weighted by molar-refractivity contribution is 6.02. The van der Waals surface area contributed by atoms with Crippen LogP contribution in [0.2, 0.25) is 0 Å². The maximum absolute atomic E-state index is 12.7. The molecule has 0 aliphatic carbocycles. The van der Waals surface area contributed by atoms with Gasteiger partial charge in [-0.1, -0.05) is 36.4 Å². The van der Waals surface area contributed by atoms with E-state index >= 15 is 0 Å². The molecule has 0 aliphatic heterocycles. The van der Waals surface area contributed by atoms with Gasteiger partial charge >= 0.3 is 0 Å². The molecule has 0 atom stereocenters. The third-order valence-corrected chi connectivity index (χ3v) is 3.96. The molecule has 0 fully saturated rings. The number of aromatic amines is 1. The highest BCUT2D eigenvalue weighted by atomic mass is 16.1. The van der Waals surface area contributed by atoms with Crippen LogP contribution in [0.3, 0.4) is 0 Å². The third-order valence-electron chi connectivity index (χ3n) is 3.96. The molecule has 0 bridgehead atoms. The van der Waals surface area contributed by atoms with Gasteiger partial charge in [0.15, 0.2) is 0 Å². The predicted molar refractivity (Wildman–Crippen MR) is 86.6 cm³/mol. The van der Waals surface area contributed by atoms with Crippen LogP contribution >= 0.6 is 0 Å². The average molecular weight is 291 g/mol. The Kier molecular flexibility index (Phi) is 2.56. The number of aromatic nitrogens is 3. The molecule has 0 aliphatic rings. The summed E-state index contributed by atoms with van der Waals surface area (Å²) >= 11 is 0. The molecule has 2 heterocycles. The van der Waals surface area contributed by atoms with E-state index in [1.807, 2.05) is 54.6 Å². The molecule has 0 saturated carbocycles. The Hall–Kier alpha value is -3.08. The highest BCUT2D eigenvalue weighted by Crippen LogP contribution is 2.19. The van der Waals surface area contributed by atoms with E-state index in [1.165, 1.54) is 9.25 Å². The SMILES string of the molecule is Cn1c(=O)c2c(=O)n(-c3ccccc3)[nH]c2c2ccccc21. The lowest BCUT2D eigenvalue weighted by Crippen LogP contribution is -2.23. The minimum absolute atomic E-state index is 0.185. The van der Waals surface area contributed by atoms with Gasteiger partial charge in [0.25, 0.3) is 11.1 Å². The summed E-state index contributed by atoms with van der Waals surface area (Å²) in [5.74, 6) is 0. The molecule has 2 aromatic carbocycles. The van der Waals surface area contributed by atoms with Gasteiger partial charge in [-0.25, -0.2) is 4.68 Å². The smallest absolute Gasteiger partial charge is 0.284 e. The van der Waals surface area contributed by atoms with E-state index in [4.69, 9.17) is 0 Å². The van der Waals surface area contributed by atoms with E-state index in [-0.39, 0.29) is 16.5 Å². The number of hydrogen-bond acceptors (Lipinski definition) is 2. The molecule has 2 aromatic heterocycles. The molecule has 5 nitrogen and oxygen atoms in total. The van der Waals surface area contributed by atoms with Gasteiger partial charge < -0.3 is 4.57 Å². The van der Waals surface area contributed by atoms with Crippen LogP contribution in [0.1, 0.15) is 0 Å². The van der Waals surface area contributed by atoms with Crippen molar-refractivity contribution < 1.29 is 0 Å². The molecule has 0 unspecified atom stereocenters. The van der Waals surface area contributed by atoms with E-state index in [0.29, 0.717) is 11.2 Å². The Labute approximate surface area is 125 Å². The summed E-state index contributed by atoms with van der Waals surface area (Å²) in [6.45, 7) is 0. The first-order chi connectivity index (χ1) is 10.7. The fraction of sp³-hybridized carbons (Fsp3) is 0.0588. The first kappa shape index (κ1) is 12.6. The minimum Gasteiger partial charge on any atom is -0.311 e. The quantitative estimate of drug-likeness (QED) is 0.584. The van der Waals surface area contributed by atoms with Gasteiger partial charge in [-0.05, 0) is 18.2 Å². The van der Waals surface area contributed by atoms with E-state index in [1.54, 1.807) is 7.05 Å². The minimum atomic E-state index is -0.326. The van der Waals surface area contributed by atoms with E-state index < -0.39 is 0 Å².